The number of hydrogen-bond donors (Lipinski definition) is 0. The maximum Gasteiger partial charge on any atom is 1.00 e. The van der Waals surface area contributed by atoms with E-state index in [2.05, 4.69) is 0 Å². The van der Waals surface area contributed by atoms with E-state index in [9.17, 15) is 25.9 Å². The molecule has 0 fully saturated rings. The first-order valence-corrected chi connectivity index (χ1v) is 5.22. The van der Waals surface area contributed by atoms with Crippen molar-refractivity contribution in [1.29, 1.82) is 0 Å². The summed E-state index contributed by atoms with van der Waals surface area (Å²) in [4.78, 5) is 0. The Kier molecular flexibility index (Phi) is 7.82. The fraction of sp³-hybridized carbons (Fsp3) is 1.00. The number of rotatable bonds is 2. The molecule has 0 aromatic carbocycles. The van der Waals surface area contributed by atoms with Gasteiger partial charge in [-0.3, -0.25) is 0 Å². The van der Waals surface area contributed by atoms with Gasteiger partial charge < -0.3 is 9.11 Å². The fourth-order valence-corrected chi connectivity index (χ4v) is 1.12. The van der Waals surface area contributed by atoms with Gasteiger partial charge in [-0.1, -0.05) is 0 Å². The van der Waals surface area contributed by atoms with Crippen LogP contribution in [0.5, 0.6) is 0 Å². The SMILES string of the molecule is CC(C)(S(=O)(=O)[O-])S(=O)(=O)[O-].[Li+].[Li+]. The summed E-state index contributed by atoms with van der Waals surface area (Å²) in [5.74, 6) is 0. The van der Waals surface area contributed by atoms with Gasteiger partial charge in [-0.15, -0.1) is 0 Å². The van der Waals surface area contributed by atoms with E-state index in [1.807, 2.05) is 0 Å². The third-order valence-corrected chi connectivity index (χ3v) is 4.84. The molecule has 10 heteroatoms. The second kappa shape index (κ2) is 5.20. The average Bonchev–Trinajstić information content (AvgIpc) is 1.58. The molecular formula is C3H6Li2O6S2. The third kappa shape index (κ3) is 4.37. The summed E-state index contributed by atoms with van der Waals surface area (Å²) in [6, 6.07) is 0. The van der Waals surface area contributed by atoms with Crippen molar-refractivity contribution in [3.8, 4) is 0 Å². The van der Waals surface area contributed by atoms with Crippen LogP contribution < -0.4 is 37.7 Å². The van der Waals surface area contributed by atoms with Gasteiger partial charge in [0.1, 0.15) is 24.3 Å². The molecular weight excluding hydrogens is 210 g/mol. The summed E-state index contributed by atoms with van der Waals surface area (Å²) in [5, 5.41) is 0. The quantitative estimate of drug-likeness (QED) is 0.334. The molecule has 0 N–H and O–H groups in total. The van der Waals surface area contributed by atoms with Crippen molar-refractivity contribution in [2.24, 2.45) is 0 Å². The zero-order chi connectivity index (χ0) is 9.50. The van der Waals surface area contributed by atoms with Crippen LogP contribution in [0.25, 0.3) is 0 Å². The van der Waals surface area contributed by atoms with Gasteiger partial charge in [-0.2, -0.15) is 0 Å². The molecule has 13 heavy (non-hydrogen) atoms. The van der Waals surface area contributed by atoms with Crippen molar-refractivity contribution in [3.63, 3.8) is 0 Å². The molecule has 0 saturated carbocycles. The minimum absolute atomic E-state index is 0. The van der Waals surface area contributed by atoms with Crippen LogP contribution in [0.4, 0.5) is 0 Å². The first-order valence-electron chi connectivity index (χ1n) is 2.41. The van der Waals surface area contributed by atoms with Crippen molar-refractivity contribution in [1.82, 2.24) is 0 Å². The summed E-state index contributed by atoms with van der Waals surface area (Å²) >= 11 is 0. The van der Waals surface area contributed by atoms with Crippen LogP contribution >= 0.6 is 0 Å². The summed E-state index contributed by atoms with van der Waals surface area (Å²) in [6.07, 6.45) is 0. The molecule has 0 bridgehead atoms. The van der Waals surface area contributed by atoms with Crippen LogP contribution in [0.3, 0.4) is 0 Å². The first-order chi connectivity index (χ1) is 4.50. The Hall–Kier alpha value is 1.01. The van der Waals surface area contributed by atoms with Crippen LogP contribution in [0.1, 0.15) is 13.8 Å². The molecule has 0 heterocycles. The van der Waals surface area contributed by atoms with Gasteiger partial charge in [0.05, 0.1) is 0 Å². The van der Waals surface area contributed by atoms with E-state index >= 15 is 0 Å². The van der Waals surface area contributed by atoms with Crippen LogP contribution in [0.2, 0.25) is 0 Å². The molecule has 0 unspecified atom stereocenters. The van der Waals surface area contributed by atoms with E-state index in [0.717, 1.165) is 0 Å². The molecule has 0 saturated heterocycles. The molecule has 6 nitrogen and oxygen atoms in total. The van der Waals surface area contributed by atoms with Crippen LogP contribution in [0, 0.1) is 0 Å². The second-order valence-corrected chi connectivity index (χ2v) is 6.42. The van der Waals surface area contributed by atoms with Crippen LogP contribution in [-0.4, -0.2) is 30.0 Å². The second-order valence-electron chi connectivity index (χ2n) is 2.31. The van der Waals surface area contributed by atoms with Crippen molar-refractivity contribution >= 4 is 20.2 Å². The number of hydrogen-bond acceptors (Lipinski definition) is 6. The van der Waals surface area contributed by atoms with Crippen molar-refractivity contribution in [3.05, 3.63) is 0 Å². The maximum atomic E-state index is 10.2. The minimum atomic E-state index is -5.11. The van der Waals surface area contributed by atoms with E-state index in [-0.39, 0.29) is 37.7 Å². The minimum Gasteiger partial charge on any atom is -0.747 e. The zero-order valence-corrected chi connectivity index (χ0v) is 9.40. The summed E-state index contributed by atoms with van der Waals surface area (Å²) in [5.41, 5.74) is 0. The van der Waals surface area contributed by atoms with Crippen molar-refractivity contribution in [2.45, 2.75) is 17.9 Å². The third-order valence-electron chi connectivity index (χ3n) is 1.20. The molecule has 0 radical (unpaired) electrons. The standard InChI is InChI=1S/C3H8O6S2.2Li/c1-3(2,10(4,5)6)11(7,8)9;;/h1-2H3,(H,4,5,6)(H,7,8,9);;/q;2*+1/p-2. The van der Waals surface area contributed by atoms with Gasteiger partial charge in [0, 0.05) is 0 Å². The normalized spacial score (nSPS) is 12.6. The predicted octanol–water partition coefficient (Wildman–Crippen LogP) is -7.18. The molecule has 0 atom stereocenters. The van der Waals surface area contributed by atoms with Gasteiger partial charge in [0.25, 0.3) is 0 Å². The van der Waals surface area contributed by atoms with Gasteiger partial charge in [-0.05, 0) is 13.8 Å². The Balaban J connectivity index is -0.000000500. The van der Waals surface area contributed by atoms with Gasteiger partial charge in [0.15, 0.2) is 0 Å². The monoisotopic (exact) mass is 216 g/mol. The molecule has 0 aromatic heterocycles. The summed E-state index contributed by atoms with van der Waals surface area (Å²) < 4.78 is 58.2. The average molecular weight is 216 g/mol. The molecule has 0 aliphatic carbocycles. The molecule has 0 rings (SSSR count). The van der Waals surface area contributed by atoms with E-state index in [0.29, 0.717) is 13.8 Å². The van der Waals surface area contributed by atoms with Gasteiger partial charge >= 0.3 is 37.7 Å². The van der Waals surface area contributed by atoms with E-state index in [4.69, 9.17) is 0 Å². The zero-order valence-electron chi connectivity index (χ0n) is 7.77. The van der Waals surface area contributed by atoms with Crippen LogP contribution in [0.15, 0.2) is 0 Å². The molecule has 0 amide bonds. The van der Waals surface area contributed by atoms with Gasteiger partial charge in [-0.25, -0.2) is 16.8 Å². The smallest absolute Gasteiger partial charge is 0.747 e. The molecule has 0 aromatic rings. The van der Waals surface area contributed by atoms with E-state index in [1.54, 1.807) is 0 Å². The van der Waals surface area contributed by atoms with E-state index in [1.165, 1.54) is 0 Å². The molecule has 68 valence electrons. The van der Waals surface area contributed by atoms with E-state index < -0.39 is 24.3 Å². The summed E-state index contributed by atoms with van der Waals surface area (Å²) in [7, 11) is -10.2. The molecule has 0 aliphatic rings. The Bertz CT molecular complexity index is 306. The first kappa shape index (κ1) is 19.6. The summed E-state index contributed by atoms with van der Waals surface area (Å²) in [6.45, 7) is 1.11. The maximum absolute atomic E-state index is 10.2. The Labute approximate surface area is 101 Å². The topological polar surface area (TPSA) is 114 Å². The largest absolute Gasteiger partial charge is 1.00 e. The Morgan fingerprint density at radius 3 is 1.00 bits per heavy atom. The fourth-order valence-electron chi connectivity index (χ4n) is 0.125. The van der Waals surface area contributed by atoms with Crippen molar-refractivity contribution < 1.29 is 63.7 Å². The van der Waals surface area contributed by atoms with Crippen LogP contribution in [-0.2, 0) is 20.2 Å². The predicted molar refractivity (Wildman–Crippen MR) is 33.5 cm³/mol. The van der Waals surface area contributed by atoms with Gasteiger partial charge in [0.2, 0.25) is 0 Å². The Morgan fingerprint density at radius 2 is 1.00 bits per heavy atom. The van der Waals surface area contributed by atoms with Crippen molar-refractivity contribution in [2.75, 3.05) is 0 Å². The molecule has 0 aliphatic heterocycles. The molecule has 0 spiro atoms. The Morgan fingerprint density at radius 1 is 0.846 bits per heavy atom.